The molecule has 3 aromatic rings. The average Bonchev–Trinajstić information content (AvgIpc) is 2.68. The molecule has 3 aromatic carbocycles. The Bertz CT molecular complexity index is 1020. The Morgan fingerprint density at radius 1 is 0.889 bits per heavy atom. The van der Waals surface area contributed by atoms with E-state index in [1.807, 2.05) is 6.07 Å². The van der Waals surface area contributed by atoms with E-state index in [1.54, 1.807) is 24.3 Å². The minimum Gasteiger partial charge on any atom is -0.423 e. The number of non-ortho nitro benzene ring substituents is 1. The maximum atomic E-state index is 12.4. The molecule has 7 heteroatoms. The second-order valence-electron chi connectivity index (χ2n) is 5.53. The van der Waals surface area contributed by atoms with Crippen LogP contribution in [-0.4, -0.2) is 16.7 Å². The van der Waals surface area contributed by atoms with Gasteiger partial charge in [-0.05, 0) is 30.3 Å². The predicted octanol–water partition coefficient (Wildman–Crippen LogP) is 4.70. The average molecular weight is 382 g/mol. The Labute approximate surface area is 159 Å². The van der Waals surface area contributed by atoms with Crippen LogP contribution in [0.1, 0.15) is 26.3 Å². The number of ketones is 1. The summed E-state index contributed by atoms with van der Waals surface area (Å²) < 4.78 is 5.20. The van der Waals surface area contributed by atoms with Gasteiger partial charge in [0.25, 0.3) is 5.69 Å². The summed E-state index contributed by atoms with van der Waals surface area (Å²) in [5, 5.41) is 10.9. The van der Waals surface area contributed by atoms with Crippen LogP contribution in [0.5, 0.6) is 5.75 Å². The summed E-state index contributed by atoms with van der Waals surface area (Å²) >= 11 is 5.93. The molecule has 134 valence electrons. The summed E-state index contributed by atoms with van der Waals surface area (Å²) in [6.07, 6.45) is 0. The zero-order valence-corrected chi connectivity index (χ0v) is 14.6. The van der Waals surface area contributed by atoms with Crippen molar-refractivity contribution in [2.45, 2.75) is 0 Å². The molecule has 0 bridgehead atoms. The van der Waals surface area contributed by atoms with E-state index in [1.165, 1.54) is 36.4 Å². The van der Waals surface area contributed by atoms with E-state index in [0.29, 0.717) is 11.1 Å². The van der Waals surface area contributed by atoms with Crippen LogP contribution in [0.2, 0.25) is 5.02 Å². The van der Waals surface area contributed by atoms with E-state index in [0.717, 1.165) is 6.07 Å². The first-order chi connectivity index (χ1) is 13.0. The number of hydrogen-bond acceptors (Lipinski definition) is 5. The molecule has 0 saturated heterocycles. The lowest BCUT2D eigenvalue weighted by atomic mass is 10.0. The molecule has 0 amide bonds. The van der Waals surface area contributed by atoms with Crippen molar-refractivity contribution in [2.75, 3.05) is 0 Å². The van der Waals surface area contributed by atoms with Gasteiger partial charge in [-0.15, -0.1) is 0 Å². The smallest absolute Gasteiger partial charge is 0.345 e. The highest BCUT2D eigenvalue weighted by Crippen LogP contribution is 2.24. The number of halogens is 1. The van der Waals surface area contributed by atoms with Crippen LogP contribution in [0, 0.1) is 10.1 Å². The maximum absolute atomic E-state index is 12.4. The summed E-state index contributed by atoms with van der Waals surface area (Å²) in [6, 6.07) is 18.3. The number of hydrogen-bond donors (Lipinski definition) is 0. The number of nitro groups is 1. The van der Waals surface area contributed by atoms with Crippen molar-refractivity contribution in [3.63, 3.8) is 0 Å². The molecule has 0 unspecified atom stereocenters. The minimum atomic E-state index is -0.828. The van der Waals surface area contributed by atoms with Gasteiger partial charge in [-0.25, -0.2) is 4.79 Å². The van der Waals surface area contributed by atoms with Crippen molar-refractivity contribution in [1.82, 2.24) is 0 Å². The van der Waals surface area contributed by atoms with Gasteiger partial charge in [0, 0.05) is 23.3 Å². The van der Waals surface area contributed by atoms with Gasteiger partial charge in [0.15, 0.2) is 5.78 Å². The van der Waals surface area contributed by atoms with Gasteiger partial charge >= 0.3 is 5.97 Å². The molecular weight excluding hydrogens is 370 g/mol. The Balaban J connectivity index is 1.77. The van der Waals surface area contributed by atoms with Crippen molar-refractivity contribution >= 4 is 29.0 Å². The first-order valence-corrected chi connectivity index (χ1v) is 8.19. The minimum absolute atomic E-state index is 0.0430. The van der Waals surface area contributed by atoms with Crippen LogP contribution in [0.15, 0.2) is 72.8 Å². The SMILES string of the molecule is O=C(c1ccccc1)c1ccc(OC(=O)c2cc([N+](=O)[O-])ccc2Cl)cc1. The number of nitro benzene ring substituents is 1. The third kappa shape index (κ3) is 4.19. The summed E-state index contributed by atoms with van der Waals surface area (Å²) in [4.78, 5) is 34.8. The van der Waals surface area contributed by atoms with E-state index >= 15 is 0 Å². The molecule has 0 aliphatic rings. The van der Waals surface area contributed by atoms with Gasteiger partial charge < -0.3 is 4.74 Å². The number of esters is 1. The Kier molecular flexibility index (Phi) is 5.28. The quantitative estimate of drug-likeness (QED) is 0.210. The molecule has 0 heterocycles. The third-order valence-electron chi connectivity index (χ3n) is 3.74. The summed E-state index contributed by atoms with van der Waals surface area (Å²) in [5.74, 6) is -0.798. The molecule has 6 nitrogen and oxygen atoms in total. The summed E-state index contributed by atoms with van der Waals surface area (Å²) in [5.41, 5.74) is 0.602. The first kappa shape index (κ1) is 18.3. The molecule has 0 fully saturated rings. The van der Waals surface area contributed by atoms with Gasteiger partial charge in [-0.2, -0.15) is 0 Å². The highest BCUT2D eigenvalue weighted by molar-refractivity contribution is 6.33. The van der Waals surface area contributed by atoms with Crippen LogP contribution in [0.25, 0.3) is 0 Å². The number of ether oxygens (including phenoxy) is 1. The van der Waals surface area contributed by atoms with E-state index in [9.17, 15) is 19.7 Å². The molecule has 0 saturated carbocycles. The van der Waals surface area contributed by atoms with Gasteiger partial charge in [0.05, 0.1) is 15.5 Å². The van der Waals surface area contributed by atoms with Gasteiger partial charge in [-0.3, -0.25) is 14.9 Å². The van der Waals surface area contributed by atoms with E-state index < -0.39 is 10.9 Å². The van der Waals surface area contributed by atoms with E-state index in [4.69, 9.17) is 16.3 Å². The second-order valence-corrected chi connectivity index (χ2v) is 5.94. The topological polar surface area (TPSA) is 86.5 Å². The highest BCUT2D eigenvalue weighted by Gasteiger charge is 2.18. The molecule has 0 aliphatic heterocycles. The number of carbonyl (C=O) groups is 2. The largest absolute Gasteiger partial charge is 0.423 e. The van der Waals surface area contributed by atoms with E-state index in [2.05, 4.69) is 0 Å². The fourth-order valence-electron chi connectivity index (χ4n) is 2.38. The van der Waals surface area contributed by atoms with Gasteiger partial charge in [-0.1, -0.05) is 41.9 Å². The predicted molar refractivity (Wildman–Crippen MR) is 99.4 cm³/mol. The van der Waals surface area contributed by atoms with Crippen molar-refractivity contribution in [2.24, 2.45) is 0 Å². The molecular formula is C20H12ClNO5. The second kappa shape index (κ2) is 7.80. The van der Waals surface area contributed by atoms with Crippen molar-refractivity contribution in [3.05, 3.63) is 105 Å². The lowest BCUT2D eigenvalue weighted by molar-refractivity contribution is -0.384. The molecule has 27 heavy (non-hydrogen) atoms. The number of nitrogens with zero attached hydrogens (tertiary/aromatic N) is 1. The molecule has 0 aliphatic carbocycles. The molecule has 0 atom stereocenters. The van der Waals surface area contributed by atoms with Gasteiger partial charge in [0.2, 0.25) is 0 Å². The molecule has 0 aromatic heterocycles. The van der Waals surface area contributed by atoms with Crippen molar-refractivity contribution < 1.29 is 19.2 Å². The molecule has 0 spiro atoms. The first-order valence-electron chi connectivity index (χ1n) is 7.81. The molecule has 0 N–H and O–H groups in total. The van der Waals surface area contributed by atoms with Crippen LogP contribution < -0.4 is 4.74 Å². The van der Waals surface area contributed by atoms with Gasteiger partial charge in [0.1, 0.15) is 5.75 Å². The summed E-state index contributed by atoms with van der Waals surface area (Å²) in [7, 11) is 0. The normalized spacial score (nSPS) is 10.3. The monoisotopic (exact) mass is 381 g/mol. The Morgan fingerprint density at radius 3 is 2.15 bits per heavy atom. The molecule has 0 radical (unpaired) electrons. The van der Waals surface area contributed by atoms with Crippen LogP contribution in [0.4, 0.5) is 5.69 Å². The lowest BCUT2D eigenvalue weighted by Crippen LogP contribution is -2.10. The third-order valence-corrected chi connectivity index (χ3v) is 4.07. The Morgan fingerprint density at radius 2 is 1.52 bits per heavy atom. The zero-order valence-electron chi connectivity index (χ0n) is 13.8. The van der Waals surface area contributed by atoms with Crippen LogP contribution >= 0.6 is 11.6 Å². The Hall–Kier alpha value is -3.51. The summed E-state index contributed by atoms with van der Waals surface area (Å²) in [6.45, 7) is 0. The standard InChI is InChI=1S/C20H12ClNO5/c21-18-11-8-15(22(25)26)12-17(18)20(24)27-16-9-6-14(7-10-16)19(23)13-4-2-1-3-5-13/h1-12H. The number of benzene rings is 3. The maximum Gasteiger partial charge on any atom is 0.345 e. The fraction of sp³-hybridized carbons (Fsp3) is 0. The van der Waals surface area contributed by atoms with Crippen LogP contribution in [-0.2, 0) is 0 Å². The molecule has 3 rings (SSSR count). The highest BCUT2D eigenvalue weighted by atomic mass is 35.5. The van der Waals surface area contributed by atoms with Crippen molar-refractivity contribution in [1.29, 1.82) is 0 Å². The number of rotatable bonds is 5. The van der Waals surface area contributed by atoms with Crippen LogP contribution in [0.3, 0.4) is 0 Å². The number of carbonyl (C=O) groups excluding carboxylic acids is 2. The lowest BCUT2D eigenvalue weighted by Gasteiger charge is -2.07. The van der Waals surface area contributed by atoms with Crippen molar-refractivity contribution in [3.8, 4) is 5.75 Å². The fourth-order valence-corrected chi connectivity index (χ4v) is 2.57. The van der Waals surface area contributed by atoms with E-state index in [-0.39, 0.29) is 27.8 Å². The zero-order chi connectivity index (χ0) is 19.4.